The molecule has 0 bridgehead atoms. The van der Waals surface area contributed by atoms with E-state index >= 15 is 0 Å². The van der Waals surface area contributed by atoms with Crippen LogP contribution in [0.4, 0.5) is 0 Å². The van der Waals surface area contributed by atoms with Crippen LogP contribution in [0.1, 0.15) is 40.9 Å². The van der Waals surface area contributed by atoms with Gasteiger partial charge in [-0.1, -0.05) is 54.6 Å². The predicted octanol–water partition coefficient (Wildman–Crippen LogP) is 3.42. The van der Waals surface area contributed by atoms with E-state index in [0.29, 0.717) is 23.7 Å². The zero-order valence-electron chi connectivity index (χ0n) is 12.6. The van der Waals surface area contributed by atoms with Crippen LogP contribution in [0.3, 0.4) is 0 Å². The topological polar surface area (TPSA) is 29.1 Å². The van der Waals surface area contributed by atoms with Crippen molar-refractivity contribution < 1.29 is 4.79 Å². The van der Waals surface area contributed by atoms with E-state index in [1.807, 2.05) is 0 Å². The quantitative estimate of drug-likeness (QED) is 0.902. The van der Waals surface area contributed by atoms with Crippen molar-refractivity contribution in [1.29, 1.82) is 0 Å². The largest absolute Gasteiger partial charge is 0.359 e. The third kappa shape index (κ3) is 1.22. The van der Waals surface area contributed by atoms with Gasteiger partial charge in [0.05, 0.1) is 5.41 Å². The fourth-order valence-corrected chi connectivity index (χ4v) is 5.71. The summed E-state index contributed by atoms with van der Waals surface area (Å²) in [6.45, 7) is 0. The van der Waals surface area contributed by atoms with E-state index in [4.69, 9.17) is 0 Å². The van der Waals surface area contributed by atoms with Crippen molar-refractivity contribution in [2.45, 2.75) is 24.2 Å². The van der Waals surface area contributed by atoms with E-state index in [1.54, 1.807) is 7.05 Å². The van der Waals surface area contributed by atoms with Crippen LogP contribution >= 0.6 is 0 Å². The fraction of sp³-hybridized carbons (Fsp3) is 0.350. The molecule has 2 nitrogen and oxygen atoms in total. The number of amides is 1. The number of hydrogen-bond donors (Lipinski definition) is 1. The van der Waals surface area contributed by atoms with Crippen LogP contribution in [-0.4, -0.2) is 13.0 Å². The molecule has 1 amide bonds. The lowest BCUT2D eigenvalue weighted by Crippen LogP contribution is -2.34. The molecular weight excluding hydrogens is 270 g/mol. The first-order chi connectivity index (χ1) is 10.8. The average Bonchev–Trinajstić information content (AvgIpc) is 3.03. The lowest BCUT2D eigenvalue weighted by atomic mass is 9.80. The van der Waals surface area contributed by atoms with Gasteiger partial charge in [-0.15, -0.1) is 0 Å². The van der Waals surface area contributed by atoms with Crippen LogP contribution in [0.15, 0.2) is 54.6 Å². The number of rotatable bonds is 2. The summed E-state index contributed by atoms with van der Waals surface area (Å²) in [5, 5.41) is 2.97. The molecule has 3 aliphatic rings. The SMILES string of the molecule is CNC(=O)[C@]12C3c4ccccc4C(C[C@@H]1c1ccccc1)C32. The summed E-state index contributed by atoms with van der Waals surface area (Å²) in [5.74, 6) is 2.08. The Bertz CT molecular complexity index is 768. The zero-order chi connectivity index (χ0) is 14.9. The molecule has 22 heavy (non-hydrogen) atoms. The molecule has 0 radical (unpaired) electrons. The van der Waals surface area contributed by atoms with Gasteiger partial charge in [-0.25, -0.2) is 0 Å². The number of nitrogens with one attached hydrogen (secondary N) is 1. The Hall–Kier alpha value is -2.09. The predicted molar refractivity (Wildman–Crippen MR) is 85.7 cm³/mol. The maximum Gasteiger partial charge on any atom is 0.227 e. The van der Waals surface area contributed by atoms with Gasteiger partial charge in [0.15, 0.2) is 0 Å². The highest BCUT2D eigenvalue weighted by Crippen LogP contribution is 2.85. The monoisotopic (exact) mass is 289 g/mol. The summed E-state index contributed by atoms with van der Waals surface area (Å²) in [7, 11) is 1.78. The summed E-state index contributed by atoms with van der Waals surface area (Å²) in [6.07, 6.45) is 1.11. The minimum Gasteiger partial charge on any atom is -0.359 e. The van der Waals surface area contributed by atoms with E-state index in [-0.39, 0.29) is 11.3 Å². The first-order valence-electron chi connectivity index (χ1n) is 8.16. The van der Waals surface area contributed by atoms with E-state index in [9.17, 15) is 4.79 Å². The van der Waals surface area contributed by atoms with Crippen LogP contribution in [0, 0.1) is 11.3 Å². The van der Waals surface area contributed by atoms with Crippen molar-refractivity contribution in [2.75, 3.05) is 7.05 Å². The van der Waals surface area contributed by atoms with Crippen LogP contribution in [0.5, 0.6) is 0 Å². The molecular formula is C20H19NO. The molecule has 0 aromatic heterocycles. The number of fused-ring (bicyclic) bond motifs is 4. The average molecular weight is 289 g/mol. The van der Waals surface area contributed by atoms with Crippen molar-refractivity contribution in [1.82, 2.24) is 5.32 Å². The van der Waals surface area contributed by atoms with Gasteiger partial charge in [-0.3, -0.25) is 4.79 Å². The number of benzene rings is 2. The molecule has 2 aromatic rings. The van der Waals surface area contributed by atoms with Gasteiger partial charge in [-0.2, -0.15) is 0 Å². The highest BCUT2D eigenvalue weighted by molar-refractivity contribution is 5.92. The molecule has 2 heteroatoms. The molecule has 2 fully saturated rings. The smallest absolute Gasteiger partial charge is 0.227 e. The van der Waals surface area contributed by atoms with Crippen molar-refractivity contribution in [2.24, 2.45) is 11.3 Å². The Morgan fingerprint density at radius 3 is 2.45 bits per heavy atom. The normalized spacial score (nSPS) is 36.6. The molecule has 0 aliphatic heterocycles. The van der Waals surface area contributed by atoms with Gasteiger partial charge in [0.25, 0.3) is 0 Å². The van der Waals surface area contributed by atoms with Gasteiger partial charge >= 0.3 is 0 Å². The molecule has 110 valence electrons. The molecule has 1 N–H and O–H groups in total. The van der Waals surface area contributed by atoms with Crippen molar-refractivity contribution >= 4 is 5.91 Å². The van der Waals surface area contributed by atoms with Crippen molar-refractivity contribution in [3.63, 3.8) is 0 Å². The standard InChI is InChI=1S/C20H19NO/c1-21-19(22)20-16(12-7-3-2-4-8-12)11-15-13-9-5-6-10-14(13)17(20)18(15)20/h2-10,15-18H,11H2,1H3,(H,21,22)/t15?,16-,17?,18?,20+/m1/s1. The lowest BCUT2D eigenvalue weighted by molar-refractivity contribution is -0.126. The highest BCUT2D eigenvalue weighted by atomic mass is 16.2. The summed E-state index contributed by atoms with van der Waals surface area (Å²) in [5.41, 5.74) is 4.05. The summed E-state index contributed by atoms with van der Waals surface area (Å²) in [4.78, 5) is 12.8. The van der Waals surface area contributed by atoms with Crippen LogP contribution in [0.25, 0.3) is 0 Å². The minimum absolute atomic E-state index is 0.199. The van der Waals surface area contributed by atoms with Crippen molar-refractivity contribution in [3.05, 3.63) is 71.3 Å². The van der Waals surface area contributed by atoms with Gasteiger partial charge < -0.3 is 5.32 Å². The maximum absolute atomic E-state index is 12.8. The van der Waals surface area contributed by atoms with Crippen molar-refractivity contribution in [3.8, 4) is 0 Å². The minimum atomic E-state index is -0.199. The van der Waals surface area contributed by atoms with Gasteiger partial charge in [0, 0.05) is 13.0 Å². The van der Waals surface area contributed by atoms with E-state index in [1.165, 1.54) is 16.7 Å². The Morgan fingerprint density at radius 1 is 1.05 bits per heavy atom. The van der Waals surface area contributed by atoms with Crippen LogP contribution in [0.2, 0.25) is 0 Å². The molecule has 5 atom stereocenters. The second-order valence-corrected chi connectivity index (χ2v) is 6.95. The Balaban J connectivity index is 1.68. The molecule has 2 aromatic carbocycles. The Morgan fingerprint density at radius 2 is 1.73 bits per heavy atom. The zero-order valence-corrected chi connectivity index (χ0v) is 12.6. The third-order valence-corrected chi connectivity index (χ3v) is 6.37. The van der Waals surface area contributed by atoms with Gasteiger partial charge in [0.1, 0.15) is 0 Å². The van der Waals surface area contributed by atoms with E-state index in [0.717, 1.165) is 6.42 Å². The van der Waals surface area contributed by atoms with Gasteiger partial charge in [0.2, 0.25) is 5.91 Å². The second-order valence-electron chi connectivity index (χ2n) is 6.95. The number of carbonyl (C=O) groups excluding carboxylic acids is 1. The number of hydrogen-bond acceptors (Lipinski definition) is 1. The van der Waals surface area contributed by atoms with Crippen LogP contribution in [-0.2, 0) is 4.79 Å². The molecule has 5 rings (SSSR count). The molecule has 2 saturated carbocycles. The van der Waals surface area contributed by atoms with Gasteiger partial charge in [-0.05, 0) is 40.9 Å². The molecule has 0 saturated heterocycles. The second kappa shape index (κ2) is 4.01. The maximum atomic E-state index is 12.8. The third-order valence-electron chi connectivity index (χ3n) is 6.37. The Kier molecular flexibility index (Phi) is 2.27. The molecule has 0 spiro atoms. The summed E-state index contributed by atoms with van der Waals surface area (Å²) in [6, 6.07) is 19.4. The first kappa shape index (κ1) is 12.5. The number of carbonyl (C=O) groups is 1. The molecule has 3 aliphatic carbocycles. The fourth-order valence-electron chi connectivity index (χ4n) is 5.71. The van der Waals surface area contributed by atoms with Crippen LogP contribution < -0.4 is 5.32 Å². The molecule has 0 heterocycles. The molecule has 3 unspecified atom stereocenters. The van der Waals surface area contributed by atoms with E-state index in [2.05, 4.69) is 59.9 Å². The first-order valence-corrected chi connectivity index (χ1v) is 8.16. The van der Waals surface area contributed by atoms with E-state index < -0.39 is 0 Å². The summed E-state index contributed by atoms with van der Waals surface area (Å²) >= 11 is 0. The summed E-state index contributed by atoms with van der Waals surface area (Å²) < 4.78 is 0. The highest BCUT2D eigenvalue weighted by Gasteiger charge is 2.81. The lowest BCUT2D eigenvalue weighted by Gasteiger charge is -2.24. The Labute approximate surface area is 130 Å².